The number of carbonyl (C=O) groups excluding carboxylic acids is 2. The molecule has 0 aromatic carbocycles. The van der Waals surface area contributed by atoms with E-state index in [4.69, 9.17) is 9.47 Å². The van der Waals surface area contributed by atoms with Gasteiger partial charge in [-0.05, 0) is 13.0 Å². The predicted octanol–water partition coefficient (Wildman–Crippen LogP) is 0.207. The lowest BCUT2D eigenvalue weighted by atomic mass is 9.83. The number of hydrogen-bond acceptors (Lipinski definition) is 4. The highest BCUT2D eigenvalue weighted by Gasteiger charge is 2.43. The molecule has 5 nitrogen and oxygen atoms in total. The summed E-state index contributed by atoms with van der Waals surface area (Å²) >= 11 is 0. The average Bonchev–Trinajstić information content (AvgIpc) is 2.64. The van der Waals surface area contributed by atoms with Crippen LogP contribution in [0.2, 0.25) is 0 Å². The molecule has 0 aromatic rings. The lowest BCUT2D eigenvalue weighted by Gasteiger charge is -2.29. The molecule has 1 amide bonds. The standard InChI is InChI=1S/C12H17NO4/c1-7(14)11(12(15)13(2)3)8-4-5-10-16-6-9(8)17-10/h4-5,8-11H,6H2,1-3H3/t8-,9+,10-,11?/m0/s1. The Labute approximate surface area is 100 Å². The average molecular weight is 239 g/mol. The Bertz CT molecular complexity index is 364. The molecule has 0 aromatic heterocycles. The van der Waals surface area contributed by atoms with Gasteiger partial charge in [0.1, 0.15) is 11.7 Å². The van der Waals surface area contributed by atoms with Crippen LogP contribution in [-0.4, -0.2) is 49.7 Å². The molecule has 2 rings (SSSR count). The smallest absolute Gasteiger partial charge is 0.233 e. The van der Waals surface area contributed by atoms with E-state index in [1.165, 1.54) is 11.8 Å². The number of hydrogen-bond donors (Lipinski definition) is 0. The minimum Gasteiger partial charge on any atom is -0.348 e. The van der Waals surface area contributed by atoms with Crippen molar-refractivity contribution in [1.29, 1.82) is 0 Å². The summed E-state index contributed by atoms with van der Waals surface area (Å²) in [5.74, 6) is -1.21. The molecule has 2 aliphatic heterocycles. The summed E-state index contributed by atoms with van der Waals surface area (Å²) in [7, 11) is 3.30. The first-order valence-electron chi connectivity index (χ1n) is 5.67. The van der Waals surface area contributed by atoms with Crippen LogP contribution in [0.5, 0.6) is 0 Å². The summed E-state index contributed by atoms with van der Waals surface area (Å²) in [5.41, 5.74) is 0. The molecule has 1 fully saturated rings. The molecule has 0 spiro atoms. The third kappa shape index (κ3) is 2.25. The van der Waals surface area contributed by atoms with Gasteiger partial charge in [-0.25, -0.2) is 0 Å². The molecule has 1 unspecified atom stereocenters. The summed E-state index contributed by atoms with van der Waals surface area (Å²) in [5, 5.41) is 0. The molecule has 2 bridgehead atoms. The maximum absolute atomic E-state index is 12.0. The fourth-order valence-electron chi connectivity index (χ4n) is 2.30. The van der Waals surface area contributed by atoms with Crippen LogP contribution >= 0.6 is 0 Å². The number of rotatable bonds is 3. The fourth-order valence-corrected chi connectivity index (χ4v) is 2.30. The van der Waals surface area contributed by atoms with E-state index in [2.05, 4.69) is 0 Å². The Morgan fingerprint density at radius 2 is 2.06 bits per heavy atom. The minimum atomic E-state index is -0.672. The number of Topliss-reactive ketones (excluding diaryl/α,β-unsaturated/α-hetero) is 1. The van der Waals surface area contributed by atoms with Gasteiger partial charge in [-0.2, -0.15) is 0 Å². The quantitative estimate of drug-likeness (QED) is 0.522. The van der Waals surface area contributed by atoms with E-state index >= 15 is 0 Å². The van der Waals surface area contributed by atoms with E-state index in [1.54, 1.807) is 20.2 Å². The summed E-state index contributed by atoms with van der Waals surface area (Å²) in [6.45, 7) is 1.88. The predicted molar refractivity (Wildman–Crippen MR) is 60.1 cm³/mol. The number of fused-ring (bicyclic) bond motifs is 2. The minimum absolute atomic E-state index is 0.132. The Morgan fingerprint density at radius 1 is 1.35 bits per heavy atom. The van der Waals surface area contributed by atoms with Crippen molar-refractivity contribution in [2.75, 3.05) is 20.7 Å². The zero-order valence-corrected chi connectivity index (χ0v) is 10.3. The van der Waals surface area contributed by atoms with Crippen molar-refractivity contribution >= 4 is 11.7 Å². The third-order valence-electron chi connectivity index (χ3n) is 3.18. The molecule has 17 heavy (non-hydrogen) atoms. The van der Waals surface area contributed by atoms with Crippen molar-refractivity contribution in [3.05, 3.63) is 12.2 Å². The normalized spacial score (nSPS) is 32.3. The molecule has 94 valence electrons. The Hall–Kier alpha value is -1.20. The van der Waals surface area contributed by atoms with Gasteiger partial charge >= 0.3 is 0 Å². The summed E-state index contributed by atoms with van der Waals surface area (Å²) in [6.07, 6.45) is 3.15. The lowest BCUT2D eigenvalue weighted by molar-refractivity contribution is -0.143. The van der Waals surface area contributed by atoms with E-state index in [0.29, 0.717) is 6.61 Å². The van der Waals surface area contributed by atoms with Crippen molar-refractivity contribution in [3.63, 3.8) is 0 Å². The SMILES string of the molecule is CC(=O)C(C(=O)N(C)C)[C@H]1C=C[C@H]2OC[C@H]1O2. The molecular formula is C12H17NO4. The van der Waals surface area contributed by atoms with Crippen LogP contribution in [-0.2, 0) is 19.1 Å². The van der Waals surface area contributed by atoms with Gasteiger partial charge in [-0.3, -0.25) is 9.59 Å². The second kappa shape index (κ2) is 4.58. The van der Waals surface area contributed by atoms with Gasteiger partial charge in [0.05, 0.1) is 12.7 Å². The first kappa shape index (κ1) is 12.3. The van der Waals surface area contributed by atoms with Crippen LogP contribution in [0.25, 0.3) is 0 Å². The number of amides is 1. The van der Waals surface area contributed by atoms with E-state index in [1.807, 2.05) is 6.08 Å². The van der Waals surface area contributed by atoms with Crippen LogP contribution in [0.4, 0.5) is 0 Å². The number of ketones is 1. The molecule has 2 heterocycles. The molecule has 0 N–H and O–H groups in total. The Kier molecular flexibility index (Phi) is 3.31. The van der Waals surface area contributed by atoms with Gasteiger partial charge < -0.3 is 14.4 Å². The van der Waals surface area contributed by atoms with Crippen LogP contribution in [0, 0.1) is 11.8 Å². The molecule has 4 atom stereocenters. The molecule has 1 saturated heterocycles. The Balaban J connectivity index is 2.22. The Morgan fingerprint density at radius 3 is 2.65 bits per heavy atom. The van der Waals surface area contributed by atoms with E-state index in [-0.39, 0.29) is 30.0 Å². The zero-order chi connectivity index (χ0) is 12.6. The molecule has 0 radical (unpaired) electrons. The second-order valence-corrected chi connectivity index (χ2v) is 4.66. The van der Waals surface area contributed by atoms with Crippen LogP contribution < -0.4 is 0 Å². The van der Waals surface area contributed by atoms with E-state index in [0.717, 1.165) is 0 Å². The topological polar surface area (TPSA) is 55.8 Å². The number of ether oxygens (including phenoxy) is 2. The summed E-state index contributed by atoms with van der Waals surface area (Å²) in [4.78, 5) is 25.2. The second-order valence-electron chi connectivity index (χ2n) is 4.66. The monoisotopic (exact) mass is 239 g/mol. The molecule has 0 aliphatic carbocycles. The molecular weight excluding hydrogens is 222 g/mol. The highest BCUT2D eigenvalue weighted by molar-refractivity contribution is 6.00. The van der Waals surface area contributed by atoms with Gasteiger partial charge in [0.15, 0.2) is 6.29 Å². The number of carbonyl (C=O) groups is 2. The van der Waals surface area contributed by atoms with Crippen molar-refractivity contribution in [2.24, 2.45) is 11.8 Å². The first-order valence-corrected chi connectivity index (χ1v) is 5.67. The third-order valence-corrected chi connectivity index (χ3v) is 3.18. The van der Waals surface area contributed by atoms with Gasteiger partial charge in [-0.1, -0.05) is 6.08 Å². The largest absolute Gasteiger partial charge is 0.348 e. The fraction of sp³-hybridized carbons (Fsp3) is 0.667. The number of nitrogens with zero attached hydrogens (tertiary/aromatic N) is 1. The molecule has 2 aliphatic rings. The van der Waals surface area contributed by atoms with E-state index in [9.17, 15) is 9.59 Å². The van der Waals surface area contributed by atoms with Gasteiger partial charge in [0, 0.05) is 20.0 Å². The van der Waals surface area contributed by atoms with Crippen LogP contribution in [0.15, 0.2) is 12.2 Å². The van der Waals surface area contributed by atoms with Gasteiger partial charge in [0.25, 0.3) is 0 Å². The van der Waals surface area contributed by atoms with Crippen molar-refractivity contribution in [3.8, 4) is 0 Å². The molecule has 0 saturated carbocycles. The summed E-state index contributed by atoms with van der Waals surface area (Å²) < 4.78 is 10.9. The first-order chi connectivity index (χ1) is 8.00. The lowest BCUT2D eigenvalue weighted by Crippen LogP contribution is -2.43. The van der Waals surface area contributed by atoms with E-state index < -0.39 is 5.92 Å². The van der Waals surface area contributed by atoms with Crippen molar-refractivity contribution in [1.82, 2.24) is 4.90 Å². The summed E-state index contributed by atoms with van der Waals surface area (Å²) in [6, 6.07) is 0. The van der Waals surface area contributed by atoms with Crippen LogP contribution in [0.3, 0.4) is 0 Å². The highest BCUT2D eigenvalue weighted by Crippen LogP contribution is 2.32. The van der Waals surface area contributed by atoms with Gasteiger partial charge in [-0.15, -0.1) is 0 Å². The van der Waals surface area contributed by atoms with Gasteiger partial charge in [0.2, 0.25) is 5.91 Å². The van der Waals surface area contributed by atoms with Crippen molar-refractivity contribution in [2.45, 2.75) is 19.3 Å². The maximum Gasteiger partial charge on any atom is 0.233 e. The van der Waals surface area contributed by atoms with Crippen molar-refractivity contribution < 1.29 is 19.1 Å². The maximum atomic E-state index is 12.0. The highest BCUT2D eigenvalue weighted by atomic mass is 16.7. The molecule has 5 heteroatoms. The zero-order valence-electron chi connectivity index (χ0n) is 10.3. The van der Waals surface area contributed by atoms with Crippen LogP contribution in [0.1, 0.15) is 6.92 Å².